The highest BCUT2D eigenvalue weighted by atomic mass is 32.2. The molecule has 7 heteroatoms. The fourth-order valence-electron chi connectivity index (χ4n) is 4.79. The van der Waals surface area contributed by atoms with Crippen molar-refractivity contribution in [3.8, 4) is 0 Å². The molecule has 1 N–H and O–H groups in total. The molecule has 1 aromatic carbocycles. The first-order valence-corrected chi connectivity index (χ1v) is 13.4. The van der Waals surface area contributed by atoms with E-state index >= 15 is 0 Å². The van der Waals surface area contributed by atoms with Gasteiger partial charge in [-0.3, -0.25) is 0 Å². The van der Waals surface area contributed by atoms with Crippen LogP contribution in [0.15, 0.2) is 53.6 Å². The molecule has 0 amide bonds. The minimum absolute atomic E-state index is 0.132. The van der Waals surface area contributed by atoms with E-state index in [0.29, 0.717) is 17.4 Å². The topological polar surface area (TPSA) is 81.3 Å². The zero-order chi connectivity index (χ0) is 23.2. The molecule has 0 spiro atoms. The Labute approximate surface area is 194 Å². The summed E-state index contributed by atoms with van der Waals surface area (Å²) in [4.78, 5) is 8.46. The lowest BCUT2D eigenvalue weighted by molar-refractivity contribution is -0.139. The summed E-state index contributed by atoms with van der Waals surface area (Å²) in [5, 5.41) is 1.01. The summed E-state index contributed by atoms with van der Waals surface area (Å²) < 4.78 is 35.5. The maximum absolute atomic E-state index is 11.9. The molecule has 1 aliphatic heterocycles. The van der Waals surface area contributed by atoms with Gasteiger partial charge in [-0.25, -0.2) is 13.4 Å². The first-order valence-electron chi connectivity index (χ1n) is 11.5. The number of nitrogens with zero attached hydrogens (tertiary/aromatic N) is 1. The summed E-state index contributed by atoms with van der Waals surface area (Å²) in [5.74, 6) is -0.0612. The average molecular weight is 467 g/mol. The number of aromatic nitrogens is 2. The van der Waals surface area contributed by atoms with Crippen LogP contribution in [0.5, 0.6) is 0 Å². The van der Waals surface area contributed by atoms with Gasteiger partial charge in [-0.15, -0.1) is 0 Å². The Morgan fingerprint density at radius 2 is 1.88 bits per heavy atom. The van der Waals surface area contributed by atoms with Gasteiger partial charge in [0.15, 0.2) is 15.6 Å². The monoisotopic (exact) mass is 466 g/mol. The standard InChI is InChI=1S/C26H30N2O4S/c1-26(2)31-16-24(32-26)20-13-19-14-23(28-25(19)27-15-20)22(12-17-6-4-5-7-17)18-8-10-21(11-9-18)33(3,29)30/h8-15,17,24H,4-7,16H2,1-3H3,(H,27,28). The first kappa shape index (κ1) is 22.3. The highest BCUT2D eigenvalue weighted by molar-refractivity contribution is 7.90. The van der Waals surface area contributed by atoms with Gasteiger partial charge in [0.2, 0.25) is 0 Å². The Kier molecular flexibility index (Phi) is 5.67. The number of allylic oxidation sites excluding steroid dienone is 1. The smallest absolute Gasteiger partial charge is 0.175 e. The predicted octanol–water partition coefficient (Wildman–Crippen LogP) is 5.41. The Balaban J connectivity index is 1.52. The summed E-state index contributed by atoms with van der Waals surface area (Å²) in [7, 11) is -3.23. The van der Waals surface area contributed by atoms with Gasteiger partial charge in [0.25, 0.3) is 0 Å². The molecule has 2 fully saturated rings. The molecule has 0 bridgehead atoms. The van der Waals surface area contributed by atoms with Crippen molar-refractivity contribution in [3.05, 3.63) is 65.5 Å². The van der Waals surface area contributed by atoms with Gasteiger partial charge >= 0.3 is 0 Å². The molecule has 1 atom stereocenters. The average Bonchev–Trinajstić information content (AvgIpc) is 3.50. The summed E-state index contributed by atoms with van der Waals surface area (Å²) in [6, 6.07) is 11.4. The molecular weight excluding hydrogens is 436 g/mol. The maximum atomic E-state index is 11.9. The lowest BCUT2D eigenvalue weighted by Crippen LogP contribution is -2.19. The van der Waals surface area contributed by atoms with Crippen LogP contribution >= 0.6 is 0 Å². The number of rotatable bonds is 5. The quantitative estimate of drug-likeness (QED) is 0.544. The van der Waals surface area contributed by atoms with Crippen molar-refractivity contribution < 1.29 is 17.9 Å². The molecule has 3 aromatic rings. The number of nitrogens with one attached hydrogen (secondary N) is 1. The van der Waals surface area contributed by atoms with Crippen molar-refractivity contribution in [1.82, 2.24) is 9.97 Å². The molecule has 33 heavy (non-hydrogen) atoms. The second kappa shape index (κ2) is 8.38. The second-order valence-corrected chi connectivity index (χ2v) is 11.6. The van der Waals surface area contributed by atoms with Crippen LogP contribution in [0.4, 0.5) is 0 Å². The summed E-state index contributed by atoms with van der Waals surface area (Å²) in [6.07, 6.45) is 10.2. The molecule has 2 aliphatic rings. The molecule has 174 valence electrons. The minimum Gasteiger partial charge on any atom is -0.347 e. The third-order valence-corrected chi connectivity index (χ3v) is 7.69. The van der Waals surface area contributed by atoms with E-state index in [1.807, 2.05) is 32.2 Å². The zero-order valence-corrected chi connectivity index (χ0v) is 20.1. The van der Waals surface area contributed by atoms with Crippen molar-refractivity contribution in [3.63, 3.8) is 0 Å². The Morgan fingerprint density at radius 1 is 1.15 bits per heavy atom. The molecule has 0 radical (unpaired) electrons. The van der Waals surface area contributed by atoms with Crippen LogP contribution in [0.25, 0.3) is 16.6 Å². The number of hydrogen-bond acceptors (Lipinski definition) is 5. The fraction of sp³-hybridized carbons (Fsp3) is 0.423. The van der Waals surface area contributed by atoms with E-state index in [9.17, 15) is 8.42 Å². The molecule has 1 aliphatic carbocycles. The molecular formula is C26H30N2O4S. The minimum atomic E-state index is -3.23. The predicted molar refractivity (Wildman–Crippen MR) is 129 cm³/mol. The van der Waals surface area contributed by atoms with E-state index in [1.54, 1.807) is 12.1 Å². The number of benzene rings is 1. The van der Waals surface area contributed by atoms with E-state index in [2.05, 4.69) is 28.2 Å². The highest BCUT2D eigenvalue weighted by Crippen LogP contribution is 2.36. The third-order valence-electron chi connectivity index (χ3n) is 6.56. The van der Waals surface area contributed by atoms with E-state index in [1.165, 1.54) is 31.9 Å². The van der Waals surface area contributed by atoms with Gasteiger partial charge in [-0.2, -0.15) is 0 Å². The van der Waals surface area contributed by atoms with Crippen molar-refractivity contribution in [1.29, 1.82) is 0 Å². The Morgan fingerprint density at radius 3 is 2.52 bits per heavy atom. The largest absolute Gasteiger partial charge is 0.347 e. The number of ether oxygens (including phenoxy) is 2. The number of aromatic amines is 1. The molecule has 2 aromatic heterocycles. The van der Waals surface area contributed by atoms with Gasteiger partial charge in [0.1, 0.15) is 11.8 Å². The van der Waals surface area contributed by atoms with Crippen molar-refractivity contribution in [2.75, 3.05) is 12.9 Å². The van der Waals surface area contributed by atoms with Crippen LogP contribution in [0.3, 0.4) is 0 Å². The lowest BCUT2D eigenvalue weighted by Gasteiger charge is -2.17. The normalized spacial score (nSPS) is 21.8. The van der Waals surface area contributed by atoms with Gasteiger partial charge in [0, 0.05) is 34.7 Å². The number of hydrogen-bond donors (Lipinski definition) is 1. The van der Waals surface area contributed by atoms with Gasteiger partial charge in [0.05, 0.1) is 11.5 Å². The number of pyridine rings is 1. The van der Waals surface area contributed by atoms with Crippen LogP contribution in [0.2, 0.25) is 0 Å². The highest BCUT2D eigenvalue weighted by Gasteiger charge is 2.33. The number of fused-ring (bicyclic) bond motifs is 1. The number of H-pyrrole nitrogens is 1. The van der Waals surface area contributed by atoms with E-state index in [4.69, 9.17) is 9.47 Å². The molecule has 1 unspecified atom stereocenters. The van der Waals surface area contributed by atoms with E-state index in [-0.39, 0.29) is 6.10 Å². The first-order chi connectivity index (χ1) is 15.7. The van der Waals surface area contributed by atoms with Gasteiger partial charge < -0.3 is 14.5 Å². The van der Waals surface area contributed by atoms with Gasteiger partial charge in [-0.1, -0.05) is 31.1 Å². The molecule has 5 rings (SSSR count). The molecule has 1 saturated heterocycles. The fourth-order valence-corrected chi connectivity index (χ4v) is 5.42. The zero-order valence-electron chi connectivity index (χ0n) is 19.3. The molecule has 6 nitrogen and oxygen atoms in total. The molecule has 1 saturated carbocycles. The Hall–Kier alpha value is -2.48. The van der Waals surface area contributed by atoms with Gasteiger partial charge in [-0.05, 0) is 62.4 Å². The second-order valence-electron chi connectivity index (χ2n) is 9.63. The third kappa shape index (κ3) is 4.76. The Bertz CT molecular complexity index is 1300. The maximum Gasteiger partial charge on any atom is 0.175 e. The van der Waals surface area contributed by atoms with Crippen LogP contribution in [-0.4, -0.2) is 37.0 Å². The summed E-state index contributed by atoms with van der Waals surface area (Å²) in [5.41, 5.74) is 4.88. The van der Waals surface area contributed by atoms with Crippen LogP contribution in [0.1, 0.15) is 62.5 Å². The van der Waals surface area contributed by atoms with Crippen molar-refractivity contribution >= 4 is 26.4 Å². The van der Waals surface area contributed by atoms with Crippen molar-refractivity contribution in [2.24, 2.45) is 5.92 Å². The summed E-state index contributed by atoms with van der Waals surface area (Å²) >= 11 is 0. The van der Waals surface area contributed by atoms with E-state index in [0.717, 1.165) is 33.4 Å². The van der Waals surface area contributed by atoms with Crippen molar-refractivity contribution in [2.45, 2.75) is 56.3 Å². The van der Waals surface area contributed by atoms with Crippen LogP contribution in [-0.2, 0) is 19.3 Å². The molecule has 3 heterocycles. The van der Waals surface area contributed by atoms with E-state index < -0.39 is 15.6 Å². The SMILES string of the molecule is CC1(C)OCC(c2cnc3[nH]c(C(=CC4CCCC4)c4ccc(S(C)(=O)=O)cc4)cc3c2)O1. The number of sulfone groups is 1. The van der Waals surface area contributed by atoms with Crippen LogP contribution < -0.4 is 0 Å². The lowest BCUT2D eigenvalue weighted by atomic mass is 9.96. The summed E-state index contributed by atoms with van der Waals surface area (Å²) in [6.45, 7) is 4.35. The van der Waals surface area contributed by atoms with Crippen LogP contribution in [0, 0.1) is 5.92 Å².